The lowest BCUT2D eigenvalue weighted by Gasteiger charge is -2.18. The van der Waals surface area contributed by atoms with Crippen molar-refractivity contribution in [2.45, 2.75) is 284 Å². The first kappa shape index (κ1) is 65.1. The van der Waals surface area contributed by atoms with E-state index in [1.165, 1.54) is 161 Å². The van der Waals surface area contributed by atoms with Crippen LogP contribution in [0.5, 0.6) is 0 Å². The molecule has 0 aromatic carbocycles. The van der Waals surface area contributed by atoms with Crippen molar-refractivity contribution in [2.24, 2.45) is 0 Å². The minimum atomic E-state index is -0.552. The molecule has 0 aromatic rings. The average molecular weight is 948 g/mol. The Morgan fingerprint density at radius 1 is 0.338 bits per heavy atom. The van der Waals surface area contributed by atoms with Gasteiger partial charge in [-0.1, -0.05) is 234 Å². The molecule has 5 nitrogen and oxygen atoms in total. The molecule has 0 aliphatic rings. The van der Waals surface area contributed by atoms with E-state index in [-0.39, 0.29) is 25.2 Å². The number of ether oxygens (including phenoxy) is 3. The zero-order chi connectivity index (χ0) is 49.2. The molecule has 392 valence electrons. The summed E-state index contributed by atoms with van der Waals surface area (Å²) in [6.45, 7) is 7.66. The van der Waals surface area contributed by atoms with Crippen molar-refractivity contribution in [1.82, 2.24) is 0 Å². The molecule has 0 saturated heterocycles. The van der Waals surface area contributed by atoms with Crippen LogP contribution in [0.4, 0.5) is 0 Å². The van der Waals surface area contributed by atoms with E-state index in [1.807, 2.05) is 0 Å². The van der Waals surface area contributed by atoms with Crippen LogP contribution in [0.1, 0.15) is 278 Å². The summed E-state index contributed by atoms with van der Waals surface area (Å²) >= 11 is 0. The monoisotopic (exact) mass is 947 g/mol. The Bertz CT molecular complexity index is 1250. The third-order valence-electron chi connectivity index (χ3n) is 12.4. The lowest BCUT2D eigenvalue weighted by atomic mass is 10.1. The summed E-state index contributed by atoms with van der Waals surface area (Å²) in [6.07, 6.45) is 77.4. The number of carbonyl (C=O) groups is 2. The first-order valence-corrected chi connectivity index (χ1v) is 29.1. The quantitative estimate of drug-likeness (QED) is 0.0345. The average Bonchev–Trinajstić information content (AvgIpc) is 3.34. The van der Waals surface area contributed by atoms with Crippen molar-refractivity contribution in [1.29, 1.82) is 0 Å². The second-order valence-corrected chi connectivity index (χ2v) is 19.2. The van der Waals surface area contributed by atoms with Gasteiger partial charge in [0.05, 0.1) is 6.61 Å². The summed E-state index contributed by atoms with van der Waals surface area (Å²) in [7, 11) is 0. The van der Waals surface area contributed by atoms with Crippen LogP contribution in [-0.2, 0) is 23.8 Å². The Labute approximate surface area is 422 Å². The van der Waals surface area contributed by atoms with Crippen molar-refractivity contribution in [3.63, 3.8) is 0 Å². The third kappa shape index (κ3) is 55.7. The third-order valence-corrected chi connectivity index (χ3v) is 12.4. The fraction of sp³-hybridized carbons (Fsp3) is 0.746. The largest absolute Gasteiger partial charge is 0.462 e. The number of carbonyl (C=O) groups excluding carboxylic acids is 2. The van der Waals surface area contributed by atoms with Crippen LogP contribution in [0.15, 0.2) is 85.1 Å². The highest BCUT2D eigenvalue weighted by Crippen LogP contribution is 2.15. The second kappa shape index (κ2) is 58.4. The molecule has 0 aliphatic heterocycles. The van der Waals surface area contributed by atoms with Gasteiger partial charge in [0.15, 0.2) is 6.10 Å². The highest BCUT2D eigenvalue weighted by atomic mass is 16.6. The van der Waals surface area contributed by atoms with Gasteiger partial charge in [0, 0.05) is 19.4 Å². The summed E-state index contributed by atoms with van der Waals surface area (Å²) in [6, 6.07) is 0. The highest BCUT2D eigenvalue weighted by Gasteiger charge is 2.17. The molecule has 68 heavy (non-hydrogen) atoms. The van der Waals surface area contributed by atoms with Gasteiger partial charge in [-0.05, 0) is 116 Å². The van der Waals surface area contributed by atoms with Crippen LogP contribution >= 0.6 is 0 Å². The van der Waals surface area contributed by atoms with Gasteiger partial charge in [-0.2, -0.15) is 0 Å². The topological polar surface area (TPSA) is 61.8 Å². The fourth-order valence-corrected chi connectivity index (χ4v) is 8.06. The molecule has 1 unspecified atom stereocenters. The number of hydrogen-bond acceptors (Lipinski definition) is 5. The minimum absolute atomic E-state index is 0.0724. The minimum Gasteiger partial charge on any atom is -0.462 e. The summed E-state index contributed by atoms with van der Waals surface area (Å²) < 4.78 is 17.5. The van der Waals surface area contributed by atoms with E-state index >= 15 is 0 Å². The lowest BCUT2D eigenvalue weighted by Crippen LogP contribution is -2.30. The first-order chi connectivity index (χ1) is 33.6. The Hall–Kier alpha value is -2.92. The number of hydrogen-bond donors (Lipinski definition) is 0. The number of allylic oxidation sites excluding steroid dienone is 14. The van der Waals surface area contributed by atoms with Gasteiger partial charge in [-0.15, -0.1) is 0 Å². The highest BCUT2D eigenvalue weighted by molar-refractivity contribution is 5.70. The molecule has 1 atom stereocenters. The first-order valence-electron chi connectivity index (χ1n) is 29.1. The van der Waals surface area contributed by atoms with E-state index in [0.29, 0.717) is 19.4 Å². The Morgan fingerprint density at radius 2 is 0.662 bits per heavy atom. The van der Waals surface area contributed by atoms with E-state index in [9.17, 15) is 9.59 Å². The van der Waals surface area contributed by atoms with Crippen molar-refractivity contribution >= 4 is 11.9 Å². The van der Waals surface area contributed by atoms with Gasteiger partial charge in [-0.3, -0.25) is 9.59 Å². The summed E-state index contributed by atoms with van der Waals surface area (Å²) in [5.41, 5.74) is 0. The maximum Gasteiger partial charge on any atom is 0.306 e. The van der Waals surface area contributed by atoms with Gasteiger partial charge in [0.2, 0.25) is 0 Å². The zero-order valence-corrected chi connectivity index (χ0v) is 45.1. The van der Waals surface area contributed by atoms with Crippen LogP contribution in [0, 0.1) is 0 Å². The van der Waals surface area contributed by atoms with Crippen LogP contribution in [-0.4, -0.2) is 37.9 Å². The Balaban J connectivity index is 4.32. The maximum absolute atomic E-state index is 12.9. The van der Waals surface area contributed by atoms with Crippen molar-refractivity contribution in [2.75, 3.05) is 19.8 Å². The molecule has 0 saturated carbocycles. The standard InChI is InChI=1S/C63H110O5/c1-4-7-10-13-16-19-22-25-28-31-34-37-40-43-46-49-52-55-58-66-59-61(68-63(65)57-54-51-48-45-42-39-36-33-30-27-24-21-18-15-12-9-6-3)60-67-62(64)56-53-50-47-44-41-38-35-32-29-26-23-20-17-14-11-8-5-2/h7,10,16-21,25-30,61H,4-6,8-9,11-15,22-24,31-60H2,1-3H3/b10-7-,19-16-,20-17-,21-18-,28-25-,29-26-,30-27-. The van der Waals surface area contributed by atoms with E-state index in [4.69, 9.17) is 14.2 Å². The summed E-state index contributed by atoms with van der Waals surface area (Å²) in [5.74, 6) is -0.414. The molecule has 0 aliphatic carbocycles. The normalized spacial score (nSPS) is 12.8. The second-order valence-electron chi connectivity index (χ2n) is 19.2. The lowest BCUT2D eigenvalue weighted by molar-refractivity contribution is -0.163. The SMILES string of the molecule is CC/C=C\C/C=C\C/C=C\CCCCCCCCCCOCC(COC(=O)CCCCCCCCC/C=C\C/C=C\CCCCC)OC(=O)CCCCCCCCC/C=C\C/C=C\CCCCC. The van der Waals surface area contributed by atoms with E-state index < -0.39 is 6.10 Å². The van der Waals surface area contributed by atoms with E-state index in [0.717, 1.165) is 83.5 Å². The van der Waals surface area contributed by atoms with Crippen LogP contribution in [0.25, 0.3) is 0 Å². The number of esters is 2. The molecule has 0 N–H and O–H groups in total. The molecule has 0 bridgehead atoms. The molecule has 0 spiro atoms. The van der Waals surface area contributed by atoms with Crippen molar-refractivity contribution in [3.05, 3.63) is 85.1 Å². The molecule has 5 heteroatoms. The number of rotatable bonds is 53. The Kier molecular flexibility index (Phi) is 55.9. The van der Waals surface area contributed by atoms with Crippen molar-refractivity contribution < 1.29 is 23.8 Å². The van der Waals surface area contributed by atoms with Crippen LogP contribution in [0.3, 0.4) is 0 Å². The Morgan fingerprint density at radius 3 is 1.06 bits per heavy atom. The van der Waals surface area contributed by atoms with Crippen LogP contribution in [0.2, 0.25) is 0 Å². The molecule has 0 rings (SSSR count). The van der Waals surface area contributed by atoms with Gasteiger partial charge in [-0.25, -0.2) is 0 Å². The molecule has 0 radical (unpaired) electrons. The van der Waals surface area contributed by atoms with Crippen LogP contribution < -0.4 is 0 Å². The van der Waals surface area contributed by atoms with Gasteiger partial charge in [0.1, 0.15) is 6.61 Å². The molecule has 0 heterocycles. The van der Waals surface area contributed by atoms with E-state index in [2.05, 4.69) is 106 Å². The molecular weight excluding hydrogens is 837 g/mol. The molecule has 0 amide bonds. The van der Waals surface area contributed by atoms with Crippen molar-refractivity contribution in [3.8, 4) is 0 Å². The van der Waals surface area contributed by atoms with Gasteiger partial charge >= 0.3 is 11.9 Å². The fourth-order valence-electron chi connectivity index (χ4n) is 8.06. The van der Waals surface area contributed by atoms with Gasteiger partial charge in [0.25, 0.3) is 0 Å². The predicted molar refractivity (Wildman–Crippen MR) is 297 cm³/mol. The smallest absolute Gasteiger partial charge is 0.306 e. The molecular formula is C63H110O5. The van der Waals surface area contributed by atoms with Gasteiger partial charge < -0.3 is 14.2 Å². The summed E-state index contributed by atoms with van der Waals surface area (Å²) in [5, 5.41) is 0. The van der Waals surface area contributed by atoms with E-state index in [1.54, 1.807) is 0 Å². The number of unbranched alkanes of at least 4 members (excludes halogenated alkanes) is 28. The maximum atomic E-state index is 12.9. The molecule has 0 fully saturated rings. The zero-order valence-electron chi connectivity index (χ0n) is 45.1. The molecule has 0 aromatic heterocycles. The predicted octanol–water partition coefficient (Wildman–Crippen LogP) is 20.0. The summed E-state index contributed by atoms with van der Waals surface area (Å²) in [4.78, 5) is 25.5.